The summed E-state index contributed by atoms with van der Waals surface area (Å²) in [5.41, 5.74) is 3.18. The Balaban J connectivity index is 2.64. The molecule has 2 aromatic rings. The lowest BCUT2D eigenvalue weighted by molar-refractivity contribution is 0.594. The zero-order chi connectivity index (χ0) is 12.4. The molecule has 2 nitrogen and oxygen atoms in total. The highest BCUT2D eigenvalue weighted by molar-refractivity contribution is 5.84. The molecule has 1 heterocycles. The molecule has 0 radical (unpaired) electrons. The molecule has 0 saturated carbocycles. The summed E-state index contributed by atoms with van der Waals surface area (Å²) in [6.07, 6.45) is 1.95. The molecule has 0 amide bonds. The van der Waals surface area contributed by atoms with Crippen molar-refractivity contribution in [3.05, 3.63) is 35.1 Å². The van der Waals surface area contributed by atoms with Gasteiger partial charge in [-0.3, -0.25) is 0 Å². The Labute approximate surface area is 102 Å². The molecule has 88 valence electrons. The van der Waals surface area contributed by atoms with Crippen molar-refractivity contribution in [2.75, 3.05) is 0 Å². The lowest BCUT2D eigenvalue weighted by Crippen LogP contribution is -1.90. The lowest BCUT2D eigenvalue weighted by atomic mass is 9.96. The second-order valence-corrected chi connectivity index (χ2v) is 4.44. The highest BCUT2D eigenvalue weighted by atomic mass is 16.3. The molecule has 0 saturated heterocycles. The Morgan fingerprint density at radius 3 is 2.71 bits per heavy atom. The molecule has 1 atom stereocenters. The molecule has 2 rings (SSSR count). The summed E-state index contributed by atoms with van der Waals surface area (Å²) < 4.78 is 5.55. The molecule has 0 bridgehead atoms. The van der Waals surface area contributed by atoms with E-state index in [1.54, 1.807) is 0 Å². The average Bonchev–Trinajstić information content (AvgIpc) is 2.74. The zero-order valence-electron chi connectivity index (χ0n) is 10.6. The van der Waals surface area contributed by atoms with E-state index < -0.39 is 0 Å². The Bertz CT molecular complexity index is 574. The van der Waals surface area contributed by atoms with E-state index >= 15 is 0 Å². The first-order valence-corrected chi connectivity index (χ1v) is 6.16. The number of hydrogen-bond acceptors (Lipinski definition) is 2. The normalized spacial score (nSPS) is 12.6. The largest absolute Gasteiger partial charge is 0.445 e. The fourth-order valence-corrected chi connectivity index (χ4v) is 2.15. The van der Waals surface area contributed by atoms with E-state index in [0.29, 0.717) is 11.7 Å². The summed E-state index contributed by atoms with van der Waals surface area (Å²) >= 11 is 0. The van der Waals surface area contributed by atoms with E-state index in [-0.39, 0.29) is 0 Å². The molecule has 17 heavy (non-hydrogen) atoms. The molecule has 0 spiro atoms. The van der Waals surface area contributed by atoms with E-state index in [9.17, 15) is 0 Å². The summed E-state index contributed by atoms with van der Waals surface area (Å²) in [7, 11) is 0. The SMILES string of the molecule is CCc1c(C#N)oc2ccc(C(C)CC)cc12. The van der Waals surface area contributed by atoms with Crippen molar-refractivity contribution in [3.63, 3.8) is 0 Å². The zero-order valence-corrected chi connectivity index (χ0v) is 10.6. The van der Waals surface area contributed by atoms with Crippen LogP contribution in [0.4, 0.5) is 0 Å². The van der Waals surface area contributed by atoms with Crippen molar-refractivity contribution in [1.29, 1.82) is 5.26 Å². The molecule has 0 aliphatic heterocycles. The average molecular weight is 227 g/mol. The number of furan rings is 1. The van der Waals surface area contributed by atoms with Crippen molar-refractivity contribution in [3.8, 4) is 6.07 Å². The summed E-state index contributed by atoms with van der Waals surface area (Å²) in [5.74, 6) is 1.01. The van der Waals surface area contributed by atoms with Gasteiger partial charge in [0.05, 0.1) is 0 Å². The number of fused-ring (bicyclic) bond motifs is 1. The summed E-state index contributed by atoms with van der Waals surface area (Å²) in [6.45, 7) is 6.46. The van der Waals surface area contributed by atoms with E-state index in [4.69, 9.17) is 9.68 Å². The van der Waals surface area contributed by atoms with Gasteiger partial charge in [-0.1, -0.05) is 26.8 Å². The smallest absolute Gasteiger partial charge is 0.207 e. The van der Waals surface area contributed by atoms with Crippen molar-refractivity contribution in [1.82, 2.24) is 0 Å². The summed E-state index contributed by atoms with van der Waals surface area (Å²) in [4.78, 5) is 0. The van der Waals surface area contributed by atoms with Gasteiger partial charge in [-0.2, -0.15) is 5.26 Å². The van der Waals surface area contributed by atoms with Crippen molar-refractivity contribution in [2.45, 2.75) is 39.5 Å². The summed E-state index contributed by atoms with van der Waals surface area (Å²) in [5, 5.41) is 10.1. The van der Waals surface area contributed by atoms with E-state index in [0.717, 1.165) is 29.4 Å². The highest BCUT2D eigenvalue weighted by Gasteiger charge is 2.13. The van der Waals surface area contributed by atoms with Gasteiger partial charge in [0.1, 0.15) is 11.7 Å². The van der Waals surface area contributed by atoms with Gasteiger partial charge in [0.25, 0.3) is 0 Å². The molecule has 1 aromatic carbocycles. The second-order valence-electron chi connectivity index (χ2n) is 4.44. The Morgan fingerprint density at radius 1 is 1.35 bits per heavy atom. The van der Waals surface area contributed by atoms with Crippen molar-refractivity contribution >= 4 is 11.0 Å². The molecule has 0 fully saturated rings. The van der Waals surface area contributed by atoms with Gasteiger partial charge in [0, 0.05) is 10.9 Å². The van der Waals surface area contributed by atoms with Crippen LogP contribution >= 0.6 is 0 Å². The van der Waals surface area contributed by atoms with Crippen LogP contribution in [0, 0.1) is 11.3 Å². The second kappa shape index (κ2) is 4.63. The molecule has 2 heteroatoms. The third-order valence-electron chi connectivity index (χ3n) is 3.45. The van der Waals surface area contributed by atoms with Crippen LogP contribution in [-0.4, -0.2) is 0 Å². The van der Waals surface area contributed by atoms with Crippen LogP contribution in [0.1, 0.15) is 50.0 Å². The van der Waals surface area contributed by atoms with Crippen LogP contribution in [0.2, 0.25) is 0 Å². The number of nitriles is 1. The minimum atomic E-state index is 0.462. The first kappa shape index (κ1) is 11.7. The van der Waals surface area contributed by atoms with Crippen LogP contribution in [-0.2, 0) is 6.42 Å². The van der Waals surface area contributed by atoms with Crippen LogP contribution in [0.25, 0.3) is 11.0 Å². The van der Waals surface area contributed by atoms with E-state index in [2.05, 4.69) is 39.0 Å². The molecular weight excluding hydrogens is 210 g/mol. The first-order chi connectivity index (χ1) is 8.21. The van der Waals surface area contributed by atoms with Gasteiger partial charge in [0.15, 0.2) is 0 Å². The molecule has 1 aromatic heterocycles. The lowest BCUT2D eigenvalue weighted by Gasteiger charge is -2.08. The number of benzene rings is 1. The van der Waals surface area contributed by atoms with Crippen molar-refractivity contribution in [2.24, 2.45) is 0 Å². The van der Waals surface area contributed by atoms with Crippen LogP contribution in [0.5, 0.6) is 0 Å². The van der Waals surface area contributed by atoms with Crippen LogP contribution in [0.3, 0.4) is 0 Å². The van der Waals surface area contributed by atoms with Crippen LogP contribution in [0.15, 0.2) is 22.6 Å². The first-order valence-electron chi connectivity index (χ1n) is 6.16. The molecule has 0 aliphatic carbocycles. The predicted octanol–water partition coefficient (Wildman–Crippen LogP) is 4.38. The van der Waals surface area contributed by atoms with E-state index in [1.807, 2.05) is 6.07 Å². The molecule has 0 aliphatic rings. The molecule has 1 unspecified atom stereocenters. The fourth-order valence-electron chi connectivity index (χ4n) is 2.15. The number of hydrogen-bond donors (Lipinski definition) is 0. The fraction of sp³-hybridized carbons (Fsp3) is 0.400. The quantitative estimate of drug-likeness (QED) is 0.780. The van der Waals surface area contributed by atoms with Gasteiger partial charge in [-0.25, -0.2) is 0 Å². The Morgan fingerprint density at radius 2 is 2.12 bits per heavy atom. The Hall–Kier alpha value is -1.75. The Kier molecular flexibility index (Phi) is 3.19. The van der Waals surface area contributed by atoms with E-state index in [1.165, 1.54) is 5.56 Å². The monoisotopic (exact) mass is 227 g/mol. The minimum Gasteiger partial charge on any atom is -0.445 e. The standard InChI is InChI=1S/C15H17NO/c1-4-10(3)11-6-7-14-13(8-11)12(5-2)15(9-16)17-14/h6-8,10H,4-5H2,1-3H3. The van der Waals surface area contributed by atoms with Crippen molar-refractivity contribution < 1.29 is 4.42 Å². The maximum absolute atomic E-state index is 9.03. The maximum atomic E-state index is 9.03. The third kappa shape index (κ3) is 1.93. The number of rotatable bonds is 3. The third-order valence-corrected chi connectivity index (χ3v) is 3.45. The van der Waals surface area contributed by atoms with Gasteiger partial charge in [0.2, 0.25) is 5.76 Å². The molecular formula is C15H17NO. The van der Waals surface area contributed by atoms with Crippen LogP contribution < -0.4 is 0 Å². The number of aryl methyl sites for hydroxylation is 1. The highest BCUT2D eigenvalue weighted by Crippen LogP contribution is 2.30. The van der Waals surface area contributed by atoms with Gasteiger partial charge in [-0.15, -0.1) is 0 Å². The maximum Gasteiger partial charge on any atom is 0.207 e. The van der Waals surface area contributed by atoms with Gasteiger partial charge >= 0.3 is 0 Å². The summed E-state index contributed by atoms with van der Waals surface area (Å²) in [6, 6.07) is 8.39. The minimum absolute atomic E-state index is 0.462. The van der Waals surface area contributed by atoms with Gasteiger partial charge in [-0.05, 0) is 36.5 Å². The molecule has 0 N–H and O–H groups in total. The van der Waals surface area contributed by atoms with Gasteiger partial charge < -0.3 is 4.42 Å². The predicted molar refractivity (Wildman–Crippen MR) is 69.0 cm³/mol. The number of nitrogens with zero attached hydrogens (tertiary/aromatic N) is 1. The topological polar surface area (TPSA) is 36.9 Å².